The Morgan fingerprint density at radius 3 is 2.61 bits per heavy atom. The molecule has 0 saturated carbocycles. The quantitative estimate of drug-likeness (QED) is 0.675. The van der Waals surface area contributed by atoms with Gasteiger partial charge in [0.05, 0.1) is 0 Å². The summed E-state index contributed by atoms with van der Waals surface area (Å²) in [4.78, 5) is 12.2. The molecule has 0 saturated heterocycles. The van der Waals surface area contributed by atoms with Crippen molar-refractivity contribution >= 4 is 23.1 Å². The summed E-state index contributed by atoms with van der Waals surface area (Å²) in [5, 5.41) is 0.489. The van der Waals surface area contributed by atoms with Gasteiger partial charge in [-0.25, -0.2) is 0 Å². The molecule has 0 amide bonds. The van der Waals surface area contributed by atoms with Crippen molar-refractivity contribution in [2.24, 2.45) is 0 Å². The second kappa shape index (κ2) is 5.23. The molecule has 0 bridgehead atoms. The summed E-state index contributed by atoms with van der Waals surface area (Å²) in [6.45, 7) is 1.99. The zero-order valence-electron chi connectivity index (χ0n) is 10.1. The number of carbonyl (C=O) groups excluding carboxylic acids is 1. The average Bonchev–Trinajstić information content (AvgIpc) is 2.31. The fraction of sp³-hybridized carbons (Fsp3) is 0.133. The molecule has 0 aliphatic heterocycles. The van der Waals surface area contributed by atoms with Gasteiger partial charge in [0.15, 0.2) is 5.78 Å². The van der Waals surface area contributed by atoms with Crippen LogP contribution < -0.4 is 5.73 Å². The van der Waals surface area contributed by atoms with Crippen molar-refractivity contribution in [3.8, 4) is 0 Å². The normalized spacial score (nSPS) is 10.3. The van der Waals surface area contributed by atoms with Crippen molar-refractivity contribution in [3.63, 3.8) is 0 Å². The van der Waals surface area contributed by atoms with Gasteiger partial charge in [0.2, 0.25) is 0 Å². The number of benzene rings is 2. The van der Waals surface area contributed by atoms with Gasteiger partial charge < -0.3 is 5.73 Å². The summed E-state index contributed by atoms with van der Waals surface area (Å²) >= 11 is 5.90. The van der Waals surface area contributed by atoms with Gasteiger partial charge in [-0.2, -0.15) is 0 Å². The molecule has 92 valence electrons. The van der Waals surface area contributed by atoms with Crippen LogP contribution in [0.15, 0.2) is 42.5 Å². The number of halogens is 1. The first-order valence-electron chi connectivity index (χ1n) is 5.70. The maximum absolute atomic E-state index is 12.2. The second-order valence-corrected chi connectivity index (χ2v) is 4.74. The standard InChI is InChI=1S/C15H14ClNO/c1-10-4-2-3-5-11(10)8-15(18)12-6-13(16)9-14(17)7-12/h2-7,9H,8,17H2,1H3. The van der Waals surface area contributed by atoms with Crippen molar-refractivity contribution in [2.45, 2.75) is 13.3 Å². The molecule has 0 aromatic heterocycles. The first-order chi connectivity index (χ1) is 8.56. The van der Waals surface area contributed by atoms with E-state index in [4.69, 9.17) is 17.3 Å². The first kappa shape index (κ1) is 12.7. The highest BCUT2D eigenvalue weighted by Crippen LogP contribution is 2.19. The van der Waals surface area contributed by atoms with Crippen LogP contribution >= 0.6 is 11.6 Å². The lowest BCUT2D eigenvalue weighted by atomic mass is 9.99. The van der Waals surface area contributed by atoms with E-state index in [0.29, 0.717) is 22.7 Å². The number of carbonyl (C=O) groups is 1. The fourth-order valence-corrected chi connectivity index (χ4v) is 2.10. The van der Waals surface area contributed by atoms with Crippen LogP contribution in [0.5, 0.6) is 0 Å². The predicted octanol–water partition coefficient (Wildman–Crippen LogP) is 3.66. The van der Waals surface area contributed by atoms with E-state index in [0.717, 1.165) is 11.1 Å². The largest absolute Gasteiger partial charge is 0.399 e. The summed E-state index contributed by atoms with van der Waals surface area (Å²) in [6, 6.07) is 12.8. The predicted molar refractivity (Wildman–Crippen MR) is 75.1 cm³/mol. The Hall–Kier alpha value is -1.80. The summed E-state index contributed by atoms with van der Waals surface area (Å²) in [6.07, 6.45) is 0.368. The van der Waals surface area contributed by atoms with Crippen molar-refractivity contribution in [3.05, 3.63) is 64.2 Å². The molecule has 0 atom stereocenters. The van der Waals surface area contributed by atoms with Gasteiger partial charge in [-0.1, -0.05) is 35.9 Å². The number of nitrogens with two attached hydrogens (primary N) is 1. The molecule has 0 aliphatic rings. The highest BCUT2D eigenvalue weighted by Gasteiger charge is 2.10. The summed E-state index contributed by atoms with van der Waals surface area (Å²) < 4.78 is 0. The molecular weight excluding hydrogens is 246 g/mol. The number of anilines is 1. The highest BCUT2D eigenvalue weighted by molar-refractivity contribution is 6.31. The molecule has 3 heteroatoms. The van der Waals surface area contributed by atoms with Gasteiger partial charge in [0.25, 0.3) is 0 Å². The van der Waals surface area contributed by atoms with E-state index in [1.54, 1.807) is 18.2 Å². The van der Waals surface area contributed by atoms with Crippen LogP contribution in [0, 0.1) is 6.92 Å². The molecular formula is C15H14ClNO. The molecule has 2 aromatic rings. The molecule has 0 aliphatic carbocycles. The van der Waals surface area contributed by atoms with Crippen LogP contribution in [0.25, 0.3) is 0 Å². The molecule has 2 aromatic carbocycles. The number of Topliss-reactive ketones (excluding diaryl/α,β-unsaturated/α-hetero) is 1. The Balaban J connectivity index is 2.25. The molecule has 2 N–H and O–H groups in total. The van der Waals surface area contributed by atoms with E-state index >= 15 is 0 Å². The second-order valence-electron chi connectivity index (χ2n) is 4.30. The monoisotopic (exact) mass is 259 g/mol. The number of hydrogen-bond acceptors (Lipinski definition) is 2. The molecule has 0 fully saturated rings. The van der Waals surface area contributed by atoms with Crippen LogP contribution in [0.1, 0.15) is 21.5 Å². The van der Waals surface area contributed by atoms with Crippen LogP contribution in [0.2, 0.25) is 5.02 Å². The van der Waals surface area contributed by atoms with Crippen LogP contribution in [0.3, 0.4) is 0 Å². The van der Waals surface area contributed by atoms with Gasteiger partial charge in [0.1, 0.15) is 0 Å². The summed E-state index contributed by atoms with van der Waals surface area (Å²) in [7, 11) is 0. The SMILES string of the molecule is Cc1ccccc1CC(=O)c1cc(N)cc(Cl)c1. The van der Waals surface area contributed by atoms with E-state index in [2.05, 4.69) is 0 Å². The van der Waals surface area contributed by atoms with Crippen molar-refractivity contribution < 1.29 is 4.79 Å². The van der Waals surface area contributed by atoms with Gasteiger partial charge in [-0.05, 0) is 36.2 Å². The van der Waals surface area contributed by atoms with Crippen LogP contribution in [-0.2, 0) is 6.42 Å². The molecule has 0 unspecified atom stereocenters. The number of rotatable bonds is 3. The minimum absolute atomic E-state index is 0.0264. The topological polar surface area (TPSA) is 43.1 Å². The van der Waals surface area contributed by atoms with Crippen LogP contribution in [-0.4, -0.2) is 5.78 Å². The minimum atomic E-state index is 0.0264. The Morgan fingerprint density at radius 2 is 1.94 bits per heavy atom. The summed E-state index contributed by atoms with van der Waals surface area (Å²) in [5.41, 5.74) is 8.89. The lowest BCUT2D eigenvalue weighted by Gasteiger charge is -2.06. The molecule has 2 rings (SSSR count). The van der Waals surface area contributed by atoms with Gasteiger partial charge in [-0.3, -0.25) is 4.79 Å². The van der Waals surface area contributed by atoms with E-state index in [9.17, 15) is 4.79 Å². The number of aryl methyl sites for hydroxylation is 1. The lowest BCUT2D eigenvalue weighted by molar-refractivity contribution is 0.0993. The Morgan fingerprint density at radius 1 is 1.22 bits per heavy atom. The maximum Gasteiger partial charge on any atom is 0.167 e. The van der Waals surface area contributed by atoms with E-state index in [-0.39, 0.29) is 5.78 Å². The van der Waals surface area contributed by atoms with Crippen molar-refractivity contribution in [1.82, 2.24) is 0 Å². The third-order valence-electron chi connectivity index (χ3n) is 2.85. The first-order valence-corrected chi connectivity index (χ1v) is 6.08. The molecule has 2 nitrogen and oxygen atoms in total. The van der Waals surface area contributed by atoms with Crippen molar-refractivity contribution in [2.75, 3.05) is 5.73 Å². The smallest absolute Gasteiger partial charge is 0.167 e. The van der Waals surface area contributed by atoms with Gasteiger partial charge in [-0.15, -0.1) is 0 Å². The fourth-order valence-electron chi connectivity index (χ4n) is 1.86. The Labute approximate surface area is 111 Å². The van der Waals surface area contributed by atoms with Crippen molar-refractivity contribution in [1.29, 1.82) is 0 Å². The minimum Gasteiger partial charge on any atom is -0.399 e. The van der Waals surface area contributed by atoms with Gasteiger partial charge >= 0.3 is 0 Å². The Kier molecular flexibility index (Phi) is 3.68. The Bertz CT molecular complexity index is 573. The number of ketones is 1. The van der Waals surface area contributed by atoms with Crippen LogP contribution in [0.4, 0.5) is 5.69 Å². The average molecular weight is 260 g/mol. The molecule has 0 heterocycles. The number of hydrogen-bond donors (Lipinski definition) is 1. The van der Waals surface area contributed by atoms with E-state index < -0.39 is 0 Å². The lowest BCUT2D eigenvalue weighted by Crippen LogP contribution is -2.05. The summed E-state index contributed by atoms with van der Waals surface area (Å²) in [5.74, 6) is 0.0264. The molecule has 0 spiro atoms. The van der Waals surface area contributed by atoms with E-state index in [1.807, 2.05) is 31.2 Å². The number of nitrogen functional groups attached to an aromatic ring is 1. The third-order valence-corrected chi connectivity index (χ3v) is 3.07. The van der Waals surface area contributed by atoms with E-state index in [1.165, 1.54) is 0 Å². The zero-order valence-corrected chi connectivity index (χ0v) is 10.9. The highest BCUT2D eigenvalue weighted by atomic mass is 35.5. The third kappa shape index (κ3) is 2.90. The molecule has 18 heavy (non-hydrogen) atoms. The zero-order chi connectivity index (χ0) is 13.1. The molecule has 0 radical (unpaired) electrons. The van der Waals surface area contributed by atoms with Gasteiger partial charge in [0, 0.05) is 22.7 Å². The maximum atomic E-state index is 12.2.